The lowest BCUT2D eigenvalue weighted by Gasteiger charge is -2.18. The van der Waals surface area contributed by atoms with E-state index in [9.17, 15) is 8.42 Å². The molecule has 110 valence electrons. The second kappa shape index (κ2) is 7.32. The molecule has 0 fully saturated rings. The molecule has 3 N–H and O–H groups in total. The van der Waals surface area contributed by atoms with E-state index in [0.717, 1.165) is 5.56 Å². The lowest BCUT2D eigenvalue weighted by Crippen LogP contribution is -2.30. The van der Waals surface area contributed by atoms with Crippen LogP contribution in [0.5, 0.6) is 0 Å². The SMILES string of the molecule is CCN(CC)S(=O)(=O)c1ccc(/C=N/NC(N)=S)cc1. The molecule has 0 aromatic heterocycles. The van der Waals surface area contributed by atoms with Gasteiger partial charge in [-0.05, 0) is 29.9 Å². The van der Waals surface area contributed by atoms with Crippen molar-refractivity contribution in [3.8, 4) is 0 Å². The first-order valence-corrected chi connectivity index (χ1v) is 7.95. The van der Waals surface area contributed by atoms with Gasteiger partial charge in [0.2, 0.25) is 10.0 Å². The number of benzene rings is 1. The van der Waals surface area contributed by atoms with E-state index in [-0.39, 0.29) is 10.0 Å². The smallest absolute Gasteiger partial charge is 0.243 e. The van der Waals surface area contributed by atoms with Crippen LogP contribution in [0.15, 0.2) is 34.3 Å². The Bertz CT molecular complexity index is 578. The molecule has 0 amide bonds. The highest BCUT2D eigenvalue weighted by atomic mass is 32.2. The van der Waals surface area contributed by atoms with Gasteiger partial charge in [0.05, 0.1) is 11.1 Å². The summed E-state index contributed by atoms with van der Waals surface area (Å²) in [4.78, 5) is 0.264. The Labute approximate surface area is 124 Å². The zero-order valence-corrected chi connectivity index (χ0v) is 13.0. The molecule has 0 aliphatic rings. The quantitative estimate of drug-likeness (QED) is 0.462. The topological polar surface area (TPSA) is 87.8 Å². The molecule has 1 rings (SSSR count). The Morgan fingerprint density at radius 3 is 2.35 bits per heavy atom. The van der Waals surface area contributed by atoms with Crippen LogP contribution in [-0.4, -0.2) is 37.1 Å². The molecule has 0 bridgehead atoms. The van der Waals surface area contributed by atoms with E-state index >= 15 is 0 Å². The molecule has 0 aliphatic heterocycles. The monoisotopic (exact) mass is 314 g/mol. The summed E-state index contributed by atoms with van der Waals surface area (Å²) < 4.78 is 25.9. The van der Waals surface area contributed by atoms with Crippen molar-refractivity contribution in [2.75, 3.05) is 13.1 Å². The third-order valence-corrected chi connectivity index (χ3v) is 4.77. The van der Waals surface area contributed by atoms with Gasteiger partial charge in [-0.2, -0.15) is 9.41 Å². The first-order valence-electron chi connectivity index (χ1n) is 6.10. The van der Waals surface area contributed by atoms with E-state index < -0.39 is 10.0 Å². The standard InChI is InChI=1S/C12H18N4O2S2/c1-3-16(4-2)20(17,18)11-7-5-10(6-8-11)9-14-15-12(13)19/h5-9H,3-4H2,1-2H3,(H3,13,15,19)/b14-9+. The summed E-state index contributed by atoms with van der Waals surface area (Å²) in [6.07, 6.45) is 1.51. The molecule has 0 heterocycles. The fourth-order valence-corrected chi connectivity index (χ4v) is 3.12. The van der Waals surface area contributed by atoms with Crippen LogP contribution in [0, 0.1) is 0 Å². The van der Waals surface area contributed by atoms with Gasteiger partial charge in [0.1, 0.15) is 0 Å². The molecule has 0 unspecified atom stereocenters. The van der Waals surface area contributed by atoms with Crippen LogP contribution in [-0.2, 0) is 10.0 Å². The predicted molar refractivity (Wildman–Crippen MR) is 84.1 cm³/mol. The van der Waals surface area contributed by atoms with Crippen LogP contribution in [0.25, 0.3) is 0 Å². The van der Waals surface area contributed by atoms with Crippen molar-refractivity contribution in [1.29, 1.82) is 0 Å². The summed E-state index contributed by atoms with van der Waals surface area (Å²) in [5.41, 5.74) is 8.39. The summed E-state index contributed by atoms with van der Waals surface area (Å²) in [5, 5.41) is 3.87. The minimum atomic E-state index is -3.42. The largest absolute Gasteiger partial charge is 0.375 e. The second-order valence-electron chi connectivity index (χ2n) is 3.89. The highest BCUT2D eigenvalue weighted by Crippen LogP contribution is 2.15. The van der Waals surface area contributed by atoms with Gasteiger partial charge in [-0.1, -0.05) is 26.0 Å². The Morgan fingerprint density at radius 1 is 1.35 bits per heavy atom. The fourth-order valence-electron chi connectivity index (χ4n) is 1.61. The summed E-state index contributed by atoms with van der Waals surface area (Å²) in [7, 11) is -3.42. The molecule has 1 aromatic carbocycles. The molecule has 6 nitrogen and oxygen atoms in total. The van der Waals surface area contributed by atoms with Crippen LogP contribution in [0.4, 0.5) is 0 Å². The van der Waals surface area contributed by atoms with Gasteiger partial charge in [0, 0.05) is 13.1 Å². The summed E-state index contributed by atoms with van der Waals surface area (Å²) >= 11 is 4.60. The molecule has 0 aliphatic carbocycles. The Hall–Kier alpha value is -1.51. The highest BCUT2D eigenvalue weighted by Gasteiger charge is 2.20. The molecular formula is C12H18N4O2S2. The minimum absolute atomic E-state index is 0.0713. The van der Waals surface area contributed by atoms with Crippen LogP contribution in [0.3, 0.4) is 0 Å². The van der Waals surface area contributed by atoms with E-state index in [2.05, 4.69) is 22.7 Å². The van der Waals surface area contributed by atoms with Crippen LogP contribution in [0.1, 0.15) is 19.4 Å². The van der Waals surface area contributed by atoms with Crippen LogP contribution >= 0.6 is 12.2 Å². The Balaban J connectivity index is 2.91. The Morgan fingerprint density at radius 2 is 1.90 bits per heavy atom. The number of hydrogen-bond acceptors (Lipinski definition) is 4. The van der Waals surface area contributed by atoms with E-state index in [0.29, 0.717) is 13.1 Å². The van der Waals surface area contributed by atoms with Crippen molar-refractivity contribution in [3.63, 3.8) is 0 Å². The molecule has 8 heteroatoms. The van der Waals surface area contributed by atoms with Gasteiger partial charge in [-0.15, -0.1) is 0 Å². The summed E-state index contributed by atoms with van der Waals surface area (Å²) in [6, 6.07) is 6.44. The normalized spacial score (nSPS) is 11.9. The number of hydrazone groups is 1. The molecule has 0 saturated heterocycles. The number of thiocarbonyl (C=S) groups is 1. The highest BCUT2D eigenvalue weighted by molar-refractivity contribution is 7.89. The van der Waals surface area contributed by atoms with Crippen molar-refractivity contribution in [2.45, 2.75) is 18.7 Å². The first-order chi connectivity index (χ1) is 9.41. The molecular weight excluding hydrogens is 296 g/mol. The molecule has 1 aromatic rings. The predicted octanol–water partition coefficient (Wildman–Crippen LogP) is 0.884. The zero-order valence-electron chi connectivity index (χ0n) is 11.4. The number of nitrogens with zero attached hydrogens (tertiary/aromatic N) is 2. The second-order valence-corrected chi connectivity index (χ2v) is 6.27. The van der Waals surface area contributed by atoms with Gasteiger partial charge in [-0.25, -0.2) is 8.42 Å². The first kappa shape index (κ1) is 16.5. The molecule has 0 atom stereocenters. The third-order valence-electron chi connectivity index (χ3n) is 2.61. The lowest BCUT2D eigenvalue weighted by atomic mass is 10.2. The van der Waals surface area contributed by atoms with Gasteiger partial charge in [0.25, 0.3) is 0 Å². The number of nitrogens with two attached hydrogens (primary N) is 1. The maximum absolute atomic E-state index is 12.3. The number of hydrogen-bond donors (Lipinski definition) is 2. The maximum Gasteiger partial charge on any atom is 0.243 e. The number of nitrogens with one attached hydrogen (secondary N) is 1. The van der Waals surface area contributed by atoms with Crippen molar-refractivity contribution in [3.05, 3.63) is 29.8 Å². The maximum atomic E-state index is 12.3. The minimum Gasteiger partial charge on any atom is -0.375 e. The summed E-state index contributed by atoms with van der Waals surface area (Å²) in [5.74, 6) is 0. The van der Waals surface area contributed by atoms with Crippen molar-refractivity contribution >= 4 is 33.6 Å². The lowest BCUT2D eigenvalue weighted by molar-refractivity contribution is 0.445. The molecule has 0 spiro atoms. The molecule has 20 heavy (non-hydrogen) atoms. The Kier molecular flexibility index (Phi) is 6.05. The van der Waals surface area contributed by atoms with Crippen LogP contribution in [0.2, 0.25) is 0 Å². The van der Waals surface area contributed by atoms with Crippen molar-refractivity contribution in [2.24, 2.45) is 10.8 Å². The average Bonchev–Trinajstić information content (AvgIpc) is 2.40. The van der Waals surface area contributed by atoms with E-state index in [1.807, 2.05) is 13.8 Å². The van der Waals surface area contributed by atoms with Crippen molar-refractivity contribution < 1.29 is 8.42 Å². The van der Waals surface area contributed by atoms with Crippen LogP contribution < -0.4 is 11.2 Å². The number of sulfonamides is 1. The van der Waals surface area contributed by atoms with Gasteiger partial charge < -0.3 is 5.73 Å². The van der Waals surface area contributed by atoms with Gasteiger partial charge >= 0.3 is 0 Å². The average molecular weight is 314 g/mol. The van der Waals surface area contributed by atoms with E-state index in [4.69, 9.17) is 5.73 Å². The third kappa shape index (κ3) is 4.26. The number of rotatable bonds is 6. The summed E-state index contributed by atoms with van der Waals surface area (Å²) in [6.45, 7) is 4.51. The van der Waals surface area contributed by atoms with E-state index in [1.54, 1.807) is 24.3 Å². The molecule has 0 saturated carbocycles. The molecule has 0 radical (unpaired) electrons. The van der Waals surface area contributed by atoms with Crippen molar-refractivity contribution in [1.82, 2.24) is 9.73 Å². The fraction of sp³-hybridized carbons (Fsp3) is 0.333. The zero-order chi connectivity index (χ0) is 15.2. The van der Waals surface area contributed by atoms with E-state index in [1.165, 1.54) is 10.5 Å². The van der Waals surface area contributed by atoms with Gasteiger partial charge in [-0.3, -0.25) is 5.43 Å². The van der Waals surface area contributed by atoms with Gasteiger partial charge in [0.15, 0.2) is 5.11 Å².